The number of thiazole rings is 1. The molecule has 1 aliphatic carbocycles. The highest BCUT2D eigenvalue weighted by atomic mass is 35.5. The minimum Gasteiger partial charge on any atom is -0.478 e. The lowest BCUT2D eigenvalue weighted by molar-refractivity contribution is 0.0147. The summed E-state index contributed by atoms with van der Waals surface area (Å²) in [4.78, 5) is 18.7. The predicted molar refractivity (Wildman–Crippen MR) is 147 cm³/mol. The number of carbonyl (C=O) groups is 1. The van der Waals surface area contributed by atoms with Crippen LogP contribution in [0.5, 0.6) is 0 Å². The molecule has 4 heterocycles. The number of aromatic nitrogens is 2. The first-order chi connectivity index (χ1) is 19.0. The minimum atomic E-state index is -1.04. The predicted octanol–water partition coefficient (Wildman–Crippen LogP) is 6.77. The molecule has 0 spiro atoms. The van der Waals surface area contributed by atoms with Crippen molar-refractivity contribution in [1.82, 2.24) is 10.1 Å². The van der Waals surface area contributed by atoms with Gasteiger partial charge in [0.05, 0.1) is 33.6 Å². The number of piperidine rings is 1. The third kappa shape index (κ3) is 4.37. The number of ether oxygens (including phenoxy) is 1. The Morgan fingerprint density at radius 1 is 1.21 bits per heavy atom. The number of carboxylic acid groups (broad SMARTS) is 1. The van der Waals surface area contributed by atoms with Gasteiger partial charge in [-0.2, -0.15) is 5.26 Å². The number of benzene rings is 2. The van der Waals surface area contributed by atoms with E-state index >= 15 is 0 Å². The van der Waals surface area contributed by atoms with Crippen molar-refractivity contribution in [2.24, 2.45) is 0 Å². The summed E-state index contributed by atoms with van der Waals surface area (Å²) < 4.78 is 13.1. The fourth-order valence-electron chi connectivity index (χ4n) is 6.11. The minimum absolute atomic E-state index is 0.0995. The lowest BCUT2D eigenvalue weighted by atomic mass is 10.00. The molecule has 0 radical (unpaired) electrons. The van der Waals surface area contributed by atoms with Crippen molar-refractivity contribution in [2.45, 2.75) is 69.2 Å². The van der Waals surface area contributed by atoms with E-state index in [2.05, 4.69) is 16.1 Å². The summed E-state index contributed by atoms with van der Waals surface area (Å²) in [6.45, 7) is 0.435. The Labute approximate surface area is 233 Å². The van der Waals surface area contributed by atoms with E-state index in [0.29, 0.717) is 28.6 Å². The first-order valence-electron chi connectivity index (χ1n) is 13.2. The zero-order chi connectivity index (χ0) is 26.7. The number of fused-ring (bicyclic) bond motifs is 3. The zero-order valence-corrected chi connectivity index (χ0v) is 22.5. The van der Waals surface area contributed by atoms with Gasteiger partial charge in [0, 0.05) is 29.1 Å². The van der Waals surface area contributed by atoms with E-state index in [9.17, 15) is 15.2 Å². The number of nitriles is 1. The molecule has 4 aromatic rings. The maximum atomic E-state index is 11.5. The Morgan fingerprint density at radius 3 is 2.67 bits per heavy atom. The van der Waals surface area contributed by atoms with Crippen LogP contribution in [0, 0.1) is 11.3 Å². The summed E-state index contributed by atoms with van der Waals surface area (Å²) in [7, 11) is 0. The zero-order valence-electron chi connectivity index (χ0n) is 21.0. The van der Waals surface area contributed by atoms with Crippen LogP contribution in [0.25, 0.3) is 21.5 Å². The van der Waals surface area contributed by atoms with E-state index in [1.165, 1.54) is 17.4 Å². The monoisotopic (exact) mass is 560 g/mol. The highest BCUT2D eigenvalue weighted by Crippen LogP contribution is 2.46. The topological polar surface area (TPSA) is 112 Å². The summed E-state index contributed by atoms with van der Waals surface area (Å²) in [5.74, 6) is 0.287. The van der Waals surface area contributed by atoms with Crippen molar-refractivity contribution in [2.75, 3.05) is 4.90 Å². The molecule has 8 nitrogen and oxygen atoms in total. The van der Waals surface area contributed by atoms with Crippen LogP contribution >= 0.6 is 22.9 Å². The molecule has 2 saturated heterocycles. The number of nitrogens with zero attached hydrogens (tertiary/aromatic N) is 4. The first kappa shape index (κ1) is 24.6. The molecule has 1 saturated carbocycles. The van der Waals surface area contributed by atoms with E-state index in [1.807, 2.05) is 24.3 Å². The second-order valence-corrected chi connectivity index (χ2v) is 12.0. The number of halogens is 1. The van der Waals surface area contributed by atoms with Crippen molar-refractivity contribution in [1.29, 1.82) is 5.26 Å². The molecule has 3 aliphatic rings. The van der Waals surface area contributed by atoms with Crippen LogP contribution in [0.1, 0.15) is 71.7 Å². The van der Waals surface area contributed by atoms with E-state index in [4.69, 9.17) is 25.8 Å². The Hall–Kier alpha value is -3.45. The molecule has 2 aromatic heterocycles. The van der Waals surface area contributed by atoms with Crippen LogP contribution in [0.4, 0.5) is 5.13 Å². The Kier molecular flexibility index (Phi) is 6.07. The Morgan fingerprint density at radius 2 is 1.97 bits per heavy atom. The van der Waals surface area contributed by atoms with Crippen molar-refractivity contribution < 1.29 is 19.2 Å². The van der Waals surface area contributed by atoms with Crippen LogP contribution in [-0.4, -0.2) is 39.4 Å². The average molecular weight is 561 g/mol. The fourth-order valence-corrected chi connectivity index (χ4v) is 7.51. The normalized spacial score (nSPS) is 22.4. The number of hydrogen-bond acceptors (Lipinski definition) is 8. The summed E-state index contributed by atoms with van der Waals surface area (Å²) in [5.41, 5.74) is 3.62. The number of aromatic carboxylic acids is 1. The molecule has 2 bridgehead atoms. The van der Waals surface area contributed by atoms with Crippen molar-refractivity contribution in [3.8, 4) is 17.3 Å². The maximum absolute atomic E-state index is 11.5. The van der Waals surface area contributed by atoms with Gasteiger partial charge in [-0.25, -0.2) is 9.78 Å². The number of hydrogen-bond donors (Lipinski definition) is 1. The average Bonchev–Trinajstić information content (AvgIpc) is 3.45. The van der Waals surface area contributed by atoms with Gasteiger partial charge in [-0.15, -0.1) is 0 Å². The quantitative estimate of drug-likeness (QED) is 0.263. The molecule has 1 N–H and O–H groups in total. The van der Waals surface area contributed by atoms with Gasteiger partial charge in [0.1, 0.15) is 23.0 Å². The van der Waals surface area contributed by atoms with Crippen LogP contribution in [0.15, 0.2) is 40.9 Å². The molecule has 198 valence electrons. The van der Waals surface area contributed by atoms with Crippen LogP contribution in [0.3, 0.4) is 0 Å². The molecular formula is C29H25ClN4O4S. The third-order valence-electron chi connectivity index (χ3n) is 8.12. The van der Waals surface area contributed by atoms with E-state index < -0.39 is 5.97 Å². The van der Waals surface area contributed by atoms with Gasteiger partial charge in [-0.05, 0) is 56.7 Å². The molecule has 2 aromatic carbocycles. The van der Waals surface area contributed by atoms with E-state index in [-0.39, 0.29) is 23.8 Å². The van der Waals surface area contributed by atoms with Gasteiger partial charge in [-0.1, -0.05) is 46.3 Å². The Balaban J connectivity index is 1.11. The summed E-state index contributed by atoms with van der Waals surface area (Å²) in [5, 5.41) is 24.9. The molecule has 10 heteroatoms. The molecule has 39 heavy (non-hydrogen) atoms. The van der Waals surface area contributed by atoms with Gasteiger partial charge in [-0.3, -0.25) is 0 Å². The SMILES string of the molecule is N#Cc1cc(C(=O)O)cc2sc(N3[C@@H]4CC[C@H]3CC(OCc3c(-c5ccccc5Cl)noc3C3CC3)C4)nc12. The van der Waals surface area contributed by atoms with Gasteiger partial charge in [0.15, 0.2) is 5.13 Å². The van der Waals surface area contributed by atoms with Crippen molar-refractivity contribution in [3.05, 3.63) is 63.9 Å². The lowest BCUT2D eigenvalue weighted by Crippen LogP contribution is -2.45. The van der Waals surface area contributed by atoms with Gasteiger partial charge in [0.25, 0.3) is 0 Å². The summed E-state index contributed by atoms with van der Waals surface area (Å²) in [6, 6.07) is 13.4. The summed E-state index contributed by atoms with van der Waals surface area (Å²) in [6.07, 6.45) is 6.18. The highest BCUT2D eigenvalue weighted by molar-refractivity contribution is 7.22. The number of carboxylic acids is 1. The van der Waals surface area contributed by atoms with Crippen LogP contribution < -0.4 is 4.90 Å². The number of rotatable bonds is 7. The molecule has 0 amide bonds. The van der Waals surface area contributed by atoms with Gasteiger partial charge < -0.3 is 19.3 Å². The maximum Gasteiger partial charge on any atom is 0.335 e. The smallest absolute Gasteiger partial charge is 0.335 e. The second-order valence-electron chi connectivity index (χ2n) is 10.6. The highest BCUT2D eigenvalue weighted by Gasteiger charge is 2.43. The van der Waals surface area contributed by atoms with Gasteiger partial charge >= 0.3 is 5.97 Å². The number of anilines is 1. The largest absolute Gasteiger partial charge is 0.478 e. The standard InChI is InChI=1S/C29H25ClN4O4S/c30-23-4-2-1-3-21(23)26-22(27(38-33-26)15-5-6-15)14-37-20-11-18-7-8-19(12-20)34(18)29-32-25-17(13-31)9-16(28(35)36)10-24(25)39-29/h1-4,9-10,15,18-20H,5-8,11-12,14H2,(H,35,36)/t18-,19+,20?. The van der Waals surface area contributed by atoms with Crippen LogP contribution in [-0.2, 0) is 11.3 Å². The molecule has 1 unspecified atom stereocenters. The van der Waals surface area contributed by atoms with Gasteiger partial charge in [0.2, 0.25) is 0 Å². The molecule has 7 rings (SSSR count). The van der Waals surface area contributed by atoms with Crippen molar-refractivity contribution in [3.63, 3.8) is 0 Å². The van der Waals surface area contributed by atoms with Crippen molar-refractivity contribution >= 4 is 44.3 Å². The Bertz CT molecular complexity index is 1620. The first-order valence-corrected chi connectivity index (χ1v) is 14.4. The lowest BCUT2D eigenvalue weighted by Gasteiger charge is -2.38. The molecule has 3 atom stereocenters. The summed E-state index contributed by atoms with van der Waals surface area (Å²) >= 11 is 7.96. The second kappa shape index (κ2) is 9.63. The fraction of sp³-hybridized carbons (Fsp3) is 0.379. The van der Waals surface area contributed by atoms with Crippen LogP contribution in [0.2, 0.25) is 5.02 Å². The molecular weight excluding hydrogens is 536 g/mol. The molecule has 2 aliphatic heterocycles. The van der Waals surface area contributed by atoms with E-state index in [1.54, 1.807) is 6.07 Å². The van der Waals surface area contributed by atoms with E-state index in [0.717, 1.165) is 70.9 Å². The molecule has 3 fully saturated rings. The third-order valence-corrected chi connectivity index (χ3v) is 9.47.